The smallest absolute Gasteiger partial charge is 0.219 e. The van der Waals surface area contributed by atoms with Crippen LogP contribution in [0.15, 0.2) is 0 Å². The number of morpholine rings is 1. The summed E-state index contributed by atoms with van der Waals surface area (Å²) in [6, 6.07) is 0. The minimum Gasteiger partial charge on any atom is -0.378 e. The first-order valence-electron chi connectivity index (χ1n) is 3.14. The minimum atomic E-state index is 0. The van der Waals surface area contributed by atoms with E-state index in [1.54, 1.807) is 11.8 Å². The molecule has 3 heteroatoms. The zero-order valence-electron chi connectivity index (χ0n) is 5.59. The maximum Gasteiger partial charge on any atom is 0.219 e. The SMILES string of the molecule is C.CC(=O)N1CCOCC1. The highest BCUT2D eigenvalue weighted by atomic mass is 16.5. The average Bonchev–Trinajstić information content (AvgIpc) is 1.90. The Labute approximate surface area is 62.0 Å². The molecule has 0 radical (unpaired) electrons. The molecule has 0 aliphatic carbocycles. The third-order valence-electron chi connectivity index (χ3n) is 1.46. The molecule has 1 rings (SSSR count). The molecule has 0 aromatic heterocycles. The van der Waals surface area contributed by atoms with Gasteiger partial charge in [0.1, 0.15) is 0 Å². The number of ether oxygens (including phenoxy) is 1. The van der Waals surface area contributed by atoms with Gasteiger partial charge < -0.3 is 9.64 Å². The van der Waals surface area contributed by atoms with E-state index in [9.17, 15) is 4.79 Å². The lowest BCUT2D eigenvalue weighted by molar-refractivity contribution is -0.132. The number of hydrogen-bond acceptors (Lipinski definition) is 2. The largest absolute Gasteiger partial charge is 0.378 e. The lowest BCUT2D eigenvalue weighted by Gasteiger charge is -2.25. The van der Waals surface area contributed by atoms with Gasteiger partial charge in [0.2, 0.25) is 5.91 Å². The third kappa shape index (κ3) is 2.35. The van der Waals surface area contributed by atoms with Crippen LogP contribution >= 0.6 is 0 Å². The summed E-state index contributed by atoms with van der Waals surface area (Å²) in [5.41, 5.74) is 0. The number of rotatable bonds is 0. The number of carbonyl (C=O) groups is 1. The van der Waals surface area contributed by atoms with Crippen LogP contribution in [0, 0.1) is 0 Å². The molecule has 0 aromatic carbocycles. The van der Waals surface area contributed by atoms with Crippen molar-refractivity contribution in [2.75, 3.05) is 26.3 Å². The van der Waals surface area contributed by atoms with Crippen molar-refractivity contribution in [2.45, 2.75) is 14.4 Å². The number of nitrogens with zero attached hydrogens (tertiary/aromatic N) is 1. The zero-order chi connectivity index (χ0) is 6.69. The molecule has 3 nitrogen and oxygen atoms in total. The molecule has 1 saturated heterocycles. The molecule has 1 aliphatic heterocycles. The van der Waals surface area contributed by atoms with E-state index in [2.05, 4.69) is 0 Å². The monoisotopic (exact) mass is 145 g/mol. The van der Waals surface area contributed by atoms with E-state index in [0.29, 0.717) is 13.2 Å². The van der Waals surface area contributed by atoms with Gasteiger partial charge in [0, 0.05) is 20.0 Å². The van der Waals surface area contributed by atoms with Gasteiger partial charge in [-0.1, -0.05) is 7.43 Å². The van der Waals surface area contributed by atoms with Crippen LogP contribution in [0.25, 0.3) is 0 Å². The van der Waals surface area contributed by atoms with Crippen molar-refractivity contribution in [3.8, 4) is 0 Å². The molecular formula is C7H15NO2. The van der Waals surface area contributed by atoms with Gasteiger partial charge in [-0.15, -0.1) is 0 Å². The summed E-state index contributed by atoms with van der Waals surface area (Å²) in [5, 5.41) is 0. The Morgan fingerprint density at radius 2 is 1.90 bits per heavy atom. The van der Waals surface area contributed by atoms with E-state index in [1.165, 1.54) is 0 Å². The Hall–Kier alpha value is -0.570. The highest BCUT2D eigenvalue weighted by Gasteiger charge is 2.11. The van der Waals surface area contributed by atoms with Crippen molar-refractivity contribution < 1.29 is 9.53 Å². The Kier molecular flexibility index (Phi) is 4.03. The second-order valence-electron chi connectivity index (χ2n) is 2.12. The molecule has 0 bridgehead atoms. The van der Waals surface area contributed by atoms with Crippen molar-refractivity contribution in [3.05, 3.63) is 0 Å². The molecular weight excluding hydrogens is 130 g/mol. The van der Waals surface area contributed by atoms with Crippen molar-refractivity contribution >= 4 is 5.91 Å². The van der Waals surface area contributed by atoms with Gasteiger partial charge in [-0.2, -0.15) is 0 Å². The summed E-state index contributed by atoms with van der Waals surface area (Å²) in [6.07, 6.45) is 0. The van der Waals surface area contributed by atoms with E-state index < -0.39 is 0 Å². The van der Waals surface area contributed by atoms with Gasteiger partial charge in [-0.05, 0) is 0 Å². The highest BCUT2D eigenvalue weighted by molar-refractivity contribution is 5.73. The predicted octanol–water partition coefficient (Wildman–Crippen LogP) is 0.501. The topological polar surface area (TPSA) is 29.5 Å². The Morgan fingerprint density at radius 1 is 1.40 bits per heavy atom. The molecule has 1 aliphatic rings. The summed E-state index contributed by atoms with van der Waals surface area (Å²) in [6.45, 7) is 4.50. The second-order valence-corrected chi connectivity index (χ2v) is 2.12. The Balaban J connectivity index is 0.000000810. The summed E-state index contributed by atoms with van der Waals surface area (Å²) in [7, 11) is 0. The van der Waals surface area contributed by atoms with Gasteiger partial charge in [0.15, 0.2) is 0 Å². The quantitative estimate of drug-likeness (QED) is 0.497. The molecule has 0 aromatic rings. The maximum absolute atomic E-state index is 10.7. The third-order valence-corrected chi connectivity index (χ3v) is 1.46. The number of hydrogen-bond donors (Lipinski definition) is 0. The first-order chi connectivity index (χ1) is 4.30. The van der Waals surface area contributed by atoms with Crippen LogP contribution in [-0.4, -0.2) is 37.1 Å². The number of carbonyl (C=O) groups excluding carboxylic acids is 1. The molecule has 0 unspecified atom stereocenters. The Morgan fingerprint density at radius 3 is 2.20 bits per heavy atom. The molecule has 0 saturated carbocycles. The molecule has 10 heavy (non-hydrogen) atoms. The number of amides is 1. The molecule has 1 amide bonds. The van der Waals surface area contributed by atoms with Gasteiger partial charge in [-0.3, -0.25) is 4.79 Å². The predicted molar refractivity (Wildman–Crippen MR) is 39.8 cm³/mol. The molecule has 0 N–H and O–H groups in total. The lowest BCUT2D eigenvalue weighted by Crippen LogP contribution is -2.39. The van der Waals surface area contributed by atoms with Crippen molar-refractivity contribution in [3.63, 3.8) is 0 Å². The van der Waals surface area contributed by atoms with E-state index in [-0.39, 0.29) is 13.3 Å². The fourth-order valence-electron chi connectivity index (χ4n) is 0.878. The van der Waals surface area contributed by atoms with E-state index in [1.807, 2.05) is 0 Å². The molecule has 60 valence electrons. The molecule has 1 heterocycles. The maximum atomic E-state index is 10.7. The first kappa shape index (κ1) is 9.43. The molecule has 0 atom stereocenters. The van der Waals surface area contributed by atoms with Crippen LogP contribution in [0.3, 0.4) is 0 Å². The highest BCUT2D eigenvalue weighted by Crippen LogP contribution is 1.95. The summed E-state index contributed by atoms with van der Waals surface area (Å²) in [5.74, 6) is 0.151. The van der Waals surface area contributed by atoms with E-state index >= 15 is 0 Å². The Bertz CT molecular complexity index is 108. The van der Waals surface area contributed by atoms with Crippen LogP contribution in [0.2, 0.25) is 0 Å². The van der Waals surface area contributed by atoms with Crippen LogP contribution in [-0.2, 0) is 9.53 Å². The molecule has 0 spiro atoms. The fourth-order valence-corrected chi connectivity index (χ4v) is 0.878. The van der Waals surface area contributed by atoms with E-state index in [0.717, 1.165) is 13.1 Å². The van der Waals surface area contributed by atoms with E-state index in [4.69, 9.17) is 4.74 Å². The van der Waals surface area contributed by atoms with Crippen LogP contribution < -0.4 is 0 Å². The van der Waals surface area contributed by atoms with Crippen molar-refractivity contribution in [2.24, 2.45) is 0 Å². The first-order valence-corrected chi connectivity index (χ1v) is 3.14. The van der Waals surface area contributed by atoms with Gasteiger partial charge >= 0.3 is 0 Å². The summed E-state index contributed by atoms with van der Waals surface area (Å²) in [4.78, 5) is 12.5. The van der Waals surface area contributed by atoms with Gasteiger partial charge in [-0.25, -0.2) is 0 Å². The van der Waals surface area contributed by atoms with Crippen LogP contribution in [0.4, 0.5) is 0 Å². The van der Waals surface area contributed by atoms with Gasteiger partial charge in [0.05, 0.1) is 13.2 Å². The van der Waals surface area contributed by atoms with Crippen molar-refractivity contribution in [1.29, 1.82) is 0 Å². The van der Waals surface area contributed by atoms with Crippen LogP contribution in [0.1, 0.15) is 14.4 Å². The summed E-state index contributed by atoms with van der Waals surface area (Å²) >= 11 is 0. The van der Waals surface area contributed by atoms with Gasteiger partial charge in [0.25, 0.3) is 0 Å². The standard InChI is InChI=1S/C6H11NO2.CH4/c1-6(8)7-2-4-9-5-3-7;/h2-5H2,1H3;1H4. The summed E-state index contributed by atoms with van der Waals surface area (Å²) < 4.78 is 5.06. The minimum absolute atomic E-state index is 0. The lowest BCUT2D eigenvalue weighted by atomic mass is 10.4. The van der Waals surface area contributed by atoms with Crippen LogP contribution in [0.5, 0.6) is 0 Å². The normalized spacial score (nSPS) is 17.9. The molecule has 1 fully saturated rings. The zero-order valence-corrected chi connectivity index (χ0v) is 5.59. The fraction of sp³-hybridized carbons (Fsp3) is 0.857. The second kappa shape index (κ2) is 4.28. The van der Waals surface area contributed by atoms with Crippen molar-refractivity contribution in [1.82, 2.24) is 4.90 Å². The average molecular weight is 145 g/mol.